The Kier molecular flexibility index (Phi) is 6.04. The van der Waals surface area contributed by atoms with Crippen molar-refractivity contribution >= 4 is 10.2 Å². The third kappa shape index (κ3) is 5.65. The van der Waals surface area contributed by atoms with Crippen molar-refractivity contribution in [1.82, 2.24) is 14.3 Å². The van der Waals surface area contributed by atoms with Gasteiger partial charge >= 0.3 is 0 Å². The molecule has 0 aromatic heterocycles. The molecule has 0 bridgehead atoms. The molecule has 1 atom stereocenters. The second-order valence-corrected chi connectivity index (χ2v) is 7.37. The summed E-state index contributed by atoms with van der Waals surface area (Å²) in [7, 11) is -1.70. The first-order chi connectivity index (χ1) is 8.33. The van der Waals surface area contributed by atoms with Crippen LogP contribution in [0.25, 0.3) is 0 Å². The summed E-state index contributed by atoms with van der Waals surface area (Å²) in [6.07, 6.45) is 3.38. The molecule has 1 saturated carbocycles. The van der Waals surface area contributed by atoms with Gasteiger partial charge in [0.25, 0.3) is 10.2 Å². The first kappa shape index (κ1) is 15.9. The number of nitrogens with one attached hydrogen (secondary N) is 2. The average Bonchev–Trinajstić information content (AvgIpc) is 3.07. The molecule has 6 heteroatoms. The standard InChI is InChI=1S/C12H27N3O2S/c1-10(2)11(3)14-18(16,17)15(4)9-5-8-13-12-6-7-12/h10-14H,5-9H2,1-4H3. The van der Waals surface area contributed by atoms with Crippen molar-refractivity contribution in [2.24, 2.45) is 5.92 Å². The van der Waals surface area contributed by atoms with E-state index >= 15 is 0 Å². The molecule has 0 amide bonds. The summed E-state index contributed by atoms with van der Waals surface area (Å²) in [6, 6.07) is 0.646. The lowest BCUT2D eigenvalue weighted by molar-refractivity contribution is 0.417. The summed E-state index contributed by atoms with van der Waals surface area (Å²) in [6.45, 7) is 7.36. The second kappa shape index (κ2) is 6.84. The Morgan fingerprint density at radius 1 is 1.28 bits per heavy atom. The van der Waals surface area contributed by atoms with E-state index in [1.807, 2.05) is 20.8 Å². The van der Waals surface area contributed by atoms with E-state index in [1.165, 1.54) is 17.1 Å². The van der Waals surface area contributed by atoms with Crippen LogP contribution in [0.15, 0.2) is 0 Å². The lowest BCUT2D eigenvalue weighted by Gasteiger charge is -2.23. The Bertz CT molecular complexity index is 339. The zero-order valence-corrected chi connectivity index (χ0v) is 12.8. The molecule has 1 rings (SSSR count). The van der Waals surface area contributed by atoms with Crippen molar-refractivity contribution in [3.8, 4) is 0 Å². The SMILES string of the molecule is CC(C)C(C)NS(=O)(=O)N(C)CCCNC1CC1. The highest BCUT2D eigenvalue weighted by Crippen LogP contribution is 2.18. The molecule has 1 fully saturated rings. The molecule has 108 valence electrons. The summed E-state index contributed by atoms with van der Waals surface area (Å²) in [5.74, 6) is 0.296. The van der Waals surface area contributed by atoms with E-state index in [4.69, 9.17) is 0 Å². The smallest absolute Gasteiger partial charge is 0.279 e. The molecular weight excluding hydrogens is 250 g/mol. The van der Waals surface area contributed by atoms with Gasteiger partial charge in [0.15, 0.2) is 0 Å². The molecule has 5 nitrogen and oxygen atoms in total. The molecule has 0 spiro atoms. The van der Waals surface area contributed by atoms with Gasteiger partial charge in [0.2, 0.25) is 0 Å². The average molecular weight is 277 g/mol. The van der Waals surface area contributed by atoms with E-state index in [0.717, 1.165) is 13.0 Å². The molecule has 1 aliphatic carbocycles. The van der Waals surface area contributed by atoms with Crippen molar-refractivity contribution in [3.63, 3.8) is 0 Å². The van der Waals surface area contributed by atoms with E-state index < -0.39 is 10.2 Å². The van der Waals surface area contributed by atoms with Gasteiger partial charge < -0.3 is 5.32 Å². The summed E-state index contributed by atoms with van der Waals surface area (Å²) in [5.41, 5.74) is 0. The van der Waals surface area contributed by atoms with Crippen LogP contribution >= 0.6 is 0 Å². The molecule has 0 saturated heterocycles. The third-order valence-electron chi connectivity index (χ3n) is 3.41. The van der Waals surface area contributed by atoms with E-state index in [-0.39, 0.29) is 6.04 Å². The minimum Gasteiger partial charge on any atom is -0.314 e. The van der Waals surface area contributed by atoms with Gasteiger partial charge in [-0.3, -0.25) is 0 Å². The molecule has 0 aromatic rings. The monoisotopic (exact) mass is 277 g/mol. The van der Waals surface area contributed by atoms with Gasteiger partial charge in [-0.05, 0) is 38.6 Å². The highest BCUT2D eigenvalue weighted by molar-refractivity contribution is 7.87. The van der Waals surface area contributed by atoms with Crippen molar-refractivity contribution in [3.05, 3.63) is 0 Å². The predicted octanol–water partition coefficient (Wildman–Crippen LogP) is 0.939. The first-order valence-electron chi connectivity index (χ1n) is 6.80. The van der Waals surface area contributed by atoms with Gasteiger partial charge in [-0.25, -0.2) is 0 Å². The molecule has 1 aliphatic rings. The van der Waals surface area contributed by atoms with Crippen LogP contribution in [0, 0.1) is 5.92 Å². The molecule has 0 radical (unpaired) electrons. The Labute approximate surface area is 112 Å². The fourth-order valence-electron chi connectivity index (χ4n) is 1.48. The van der Waals surface area contributed by atoms with Gasteiger partial charge in [0, 0.05) is 25.7 Å². The van der Waals surface area contributed by atoms with Gasteiger partial charge in [0.05, 0.1) is 0 Å². The van der Waals surface area contributed by atoms with Crippen LogP contribution in [-0.2, 0) is 10.2 Å². The predicted molar refractivity (Wildman–Crippen MR) is 74.6 cm³/mol. The lowest BCUT2D eigenvalue weighted by atomic mass is 10.1. The summed E-state index contributed by atoms with van der Waals surface area (Å²) in [4.78, 5) is 0. The molecule has 18 heavy (non-hydrogen) atoms. The van der Waals surface area contributed by atoms with Gasteiger partial charge in [-0.2, -0.15) is 17.4 Å². The second-order valence-electron chi connectivity index (χ2n) is 5.56. The zero-order valence-electron chi connectivity index (χ0n) is 11.9. The number of hydrogen-bond donors (Lipinski definition) is 2. The lowest BCUT2D eigenvalue weighted by Crippen LogP contribution is -2.45. The molecule has 0 aromatic carbocycles. The van der Waals surface area contributed by atoms with Crippen LogP contribution in [0.3, 0.4) is 0 Å². The van der Waals surface area contributed by atoms with Crippen LogP contribution in [-0.4, -0.2) is 44.9 Å². The van der Waals surface area contributed by atoms with Crippen LogP contribution in [0.5, 0.6) is 0 Å². The van der Waals surface area contributed by atoms with E-state index in [9.17, 15) is 8.42 Å². The molecule has 1 unspecified atom stereocenters. The maximum atomic E-state index is 12.0. The normalized spacial score (nSPS) is 18.6. The van der Waals surface area contributed by atoms with Crippen molar-refractivity contribution < 1.29 is 8.42 Å². The zero-order chi connectivity index (χ0) is 13.8. The van der Waals surface area contributed by atoms with Crippen molar-refractivity contribution in [1.29, 1.82) is 0 Å². The van der Waals surface area contributed by atoms with Crippen LogP contribution in [0.2, 0.25) is 0 Å². The minimum atomic E-state index is -3.33. The topological polar surface area (TPSA) is 61.4 Å². The van der Waals surface area contributed by atoms with Crippen LogP contribution < -0.4 is 10.0 Å². The fourth-order valence-corrected chi connectivity index (χ4v) is 2.77. The van der Waals surface area contributed by atoms with Crippen LogP contribution in [0.4, 0.5) is 0 Å². The Balaban J connectivity index is 2.26. The third-order valence-corrected chi connectivity index (χ3v) is 5.08. The Morgan fingerprint density at radius 2 is 1.89 bits per heavy atom. The van der Waals surface area contributed by atoms with Crippen molar-refractivity contribution in [2.45, 2.75) is 52.1 Å². The van der Waals surface area contributed by atoms with Gasteiger partial charge in [-0.1, -0.05) is 13.8 Å². The number of nitrogens with zero attached hydrogens (tertiary/aromatic N) is 1. The summed E-state index contributed by atoms with van der Waals surface area (Å²) >= 11 is 0. The van der Waals surface area contributed by atoms with Crippen molar-refractivity contribution in [2.75, 3.05) is 20.1 Å². The summed E-state index contributed by atoms with van der Waals surface area (Å²) in [5, 5.41) is 3.38. The van der Waals surface area contributed by atoms with E-state index in [0.29, 0.717) is 18.5 Å². The maximum absolute atomic E-state index is 12.0. The molecule has 0 aliphatic heterocycles. The van der Waals surface area contributed by atoms with Gasteiger partial charge in [-0.15, -0.1) is 0 Å². The van der Waals surface area contributed by atoms with Crippen LogP contribution in [0.1, 0.15) is 40.0 Å². The molecular formula is C12H27N3O2S. The van der Waals surface area contributed by atoms with Gasteiger partial charge in [0.1, 0.15) is 0 Å². The number of hydrogen-bond acceptors (Lipinski definition) is 3. The Morgan fingerprint density at radius 3 is 2.39 bits per heavy atom. The first-order valence-corrected chi connectivity index (χ1v) is 8.24. The number of rotatable bonds is 9. The highest BCUT2D eigenvalue weighted by atomic mass is 32.2. The Hall–Kier alpha value is -0.170. The van der Waals surface area contributed by atoms with E-state index in [1.54, 1.807) is 7.05 Å². The molecule has 2 N–H and O–H groups in total. The van der Waals surface area contributed by atoms with E-state index in [2.05, 4.69) is 10.0 Å². The minimum absolute atomic E-state index is 0.0398. The maximum Gasteiger partial charge on any atom is 0.279 e. The summed E-state index contributed by atoms with van der Waals surface area (Å²) < 4.78 is 28.1. The highest BCUT2D eigenvalue weighted by Gasteiger charge is 2.22. The molecule has 0 heterocycles. The fraction of sp³-hybridized carbons (Fsp3) is 1.00. The quantitative estimate of drug-likeness (QED) is 0.617. The largest absolute Gasteiger partial charge is 0.314 e.